The summed E-state index contributed by atoms with van der Waals surface area (Å²) in [6, 6.07) is 1.82. The average Bonchev–Trinajstić information content (AvgIpc) is 2.27. The van der Waals surface area contributed by atoms with Gasteiger partial charge < -0.3 is 14.4 Å². The molecular formula is C13H22ClN3O2. The number of aromatic nitrogens is 2. The molecule has 1 heterocycles. The molecule has 1 rings (SSSR count). The van der Waals surface area contributed by atoms with Crippen LogP contribution >= 0.6 is 11.6 Å². The molecule has 0 saturated heterocycles. The van der Waals surface area contributed by atoms with Gasteiger partial charge in [0, 0.05) is 32.5 Å². The Balaban J connectivity index is 2.78. The largest absolute Gasteiger partial charge is 0.475 e. The fraction of sp³-hybridized carbons (Fsp3) is 0.692. The van der Waals surface area contributed by atoms with E-state index in [1.807, 2.05) is 38.8 Å². The van der Waals surface area contributed by atoms with Crippen molar-refractivity contribution in [3.05, 3.63) is 11.8 Å². The van der Waals surface area contributed by atoms with Crippen LogP contribution in [0.5, 0.6) is 5.88 Å². The Labute approximate surface area is 119 Å². The summed E-state index contributed by atoms with van der Waals surface area (Å²) in [7, 11) is 3.53. The molecule has 0 radical (unpaired) electrons. The van der Waals surface area contributed by atoms with Crippen molar-refractivity contribution in [1.29, 1.82) is 0 Å². The van der Waals surface area contributed by atoms with Gasteiger partial charge in [0.25, 0.3) is 0 Å². The lowest BCUT2D eigenvalue weighted by Crippen LogP contribution is -2.30. The van der Waals surface area contributed by atoms with Crippen LogP contribution in [0.3, 0.4) is 0 Å². The first-order valence-electron chi connectivity index (χ1n) is 6.28. The minimum Gasteiger partial charge on any atom is -0.475 e. The van der Waals surface area contributed by atoms with Gasteiger partial charge in [0.05, 0.1) is 18.1 Å². The molecule has 19 heavy (non-hydrogen) atoms. The molecule has 0 aliphatic rings. The summed E-state index contributed by atoms with van der Waals surface area (Å²) in [6.07, 6.45) is 0.0849. The summed E-state index contributed by atoms with van der Waals surface area (Å²) in [5.74, 6) is 1.19. The molecule has 1 atom stereocenters. The van der Waals surface area contributed by atoms with Gasteiger partial charge in [-0.3, -0.25) is 0 Å². The Morgan fingerprint density at radius 3 is 2.63 bits per heavy atom. The number of anilines is 1. The van der Waals surface area contributed by atoms with E-state index in [-0.39, 0.29) is 11.5 Å². The van der Waals surface area contributed by atoms with Crippen LogP contribution in [0.15, 0.2) is 6.07 Å². The first-order valence-corrected chi connectivity index (χ1v) is 6.72. The second-order valence-electron chi connectivity index (χ2n) is 4.75. The summed E-state index contributed by atoms with van der Waals surface area (Å²) in [5.41, 5.74) is 0.866. The molecule has 0 N–H and O–H groups in total. The Morgan fingerprint density at radius 1 is 1.37 bits per heavy atom. The summed E-state index contributed by atoms with van der Waals surface area (Å²) in [4.78, 5) is 10.7. The van der Waals surface area contributed by atoms with Gasteiger partial charge in [0.15, 0.2) is 0 Å². The van der Waals surface area contributed by atoms with Crippen molar-refractivity contribution in [1.82, 2.24) is 9.97 Å². The molecule has 0 saturated carbocycles. The number of rotatable bonds is 7. The monoisotopic (exact) mass is 287 g/mol. The molecular weight excluding hydrogens is 266 g/mol. The van der Waals surface area contributed by atoms with E-state index in [1.165, 1.54) is 0 Å². The number of hydrogen-bond acceptors (Lipinski definition) is 5. The minimum absolute atomic E-state index is 0.0849. The number of alkyl halides is 1. The summed E-state index contributed by atoms with van der Waals surface area (Å²) in [5, 5.41) is -0.103. The van der Waals surface area contributed by atoms with Crippen LogP contribution in [0.1, 0.15) is 19.5 Å². The number of ether oxygens (including phenoxy) is 2. The highest BCUT2D eigenvalue weighted by atomic mass is 35.5. The van der Waals surface area contributed by atoms with Crippen molar-refractivity contribution < 1.29 is 9.47 Å². The predicted molar refractivity (Wildman–Crippen MR) is 77.3 cm³/mol. The molecule has 6 heteroatoms. The zero-order valence-electron chi connectivity index (χ0n) is 12.2. The highest BCUT2D eigenvalue weighted by Crippen LogP contribution is 2.16. The van der Waals surface area contributed by atoms with E-state index in [9.17, 15) is 0 Å². The number of hydrogen-bond donors (Lipinski definition) is 0. The highest BCUT2D eigenvalue weighted by molar-refractivity contribution is 6.21. The molecule has 108 valence electrons. The van der Waals surface area contributed by atoms with Crippen LogP contribution in [0, 0.1) is 6.92 Å². The number of nitrogens with zero attached hydrogens (tertiary/aromatic N) is 3. The molecule has 0 amide bonds. The van der Waals surface area contributed by atoms with Crippen molar-refractivity contribution in [2.45, 2.75) is 32.3 Å². The standard InChI is InChI=1S/C13H22ClN3O2/c1-9(2)19-12-6-10(3)15-13(16-12)17(4)7-11(14)8-18-5/h6,9,11H,7-8H2,1-5H3. The quantitative estimate of drug-likeness (QED) is 0.720. The maximum Gasteiger partial charge on any atom is 0.228 e. The first-order chi connectivity index (χ1) is 8.92. The van der Waals surface area contributed by atoms with E-state index in [0.29, 0.717) is 25.0 Å². The van der Waals surface area contributed by atoms with Gasteiger partial charge >= 0.3 is 0 Å². The minimum atomic E-state index is -0.103. The normalized spacial score (nSPS) is 12.6. The van der Waals surface area contributed by atoms with E-state index in [4.69, 9.17) is 21.1 Å². The van der Waals surface area contributed by atoms with Crippen molar-refractivity contribution in [3.63, 3.8) is 0 Å². The highest BCUT2D eigenvalue weighted by Gasteiger charge is 2.13. The fourth-order valence-corrected chi connectivity index (χ4v) is 1.94. The van der Waals surface area contributed by atoms with Crippen molar-refractivity contribution in [2.75, 3.05) is 32.2 Å². The van der Waals surface area contributed by atoms with E-state index < -0.39 is 0 Å². The van der Waals surface area contributed by atoms with Crippen LogP contribution in [-0.4, -0.2) is 48.8 Å². The van der Waals surface area contributed by atoms with Crippen LogP contribution < -0.4 is 9.64 Å². The van der Waals surface area contributed by atoms with Crippen molar-refractivity contribution in [3.8, 4) is 5.88 Å². The Kier molecular flexibility index (Phi) is 6.31. The van der Waals surface area contributed by atoms with Gasteiger partial charge in [-0.1, -0.05) is 0 Å². The lowest BCUT2D eigenvalue weighted by molar-refractivity contribution is 0.199. The number of aryl methyl sites for hydroxylation is 1. The van der Waals surface area contributed by atoms with E-state index in [2.05, 4.69) is 9.97 Å². The van der Waals surface area contributed by atoms with Crippen LogP contribution in [0.4, 0.5) is 5.95 Å². The Morgan fingerprint density at radius 2 is 2.05 bits per heavy atom. The summed E-state index contributed by atoms with van der Waals surface area (Å²) < 4.78 is 10.6. The molecule has 0 aromatic carbocycles. The molecule has 5 nitrogen and oxygen atoms in total. The molecule has 0 bridgehead atoms. The van der Waals surface area contributed by atoms with E-state index >= 15 is 0 Å². The lowest BCUT2D eigenvalue weighted by Gasteiger charge is -2.21. The zero-order chi connectivity index (χ0) is 14.4. The maximum atomic E-state index is 6.14. The van der Waals surface area contributed by atoms with Gasteiger partial charge in [-0.25, -0.2) is 4.98 Å². The van der Waals surface area contributed by atoms with Crippen molar-refractivity contribution in [2.24, 2.45) is 0 Å². The molecule has 1 unspecified atom stereocenters. The number of methoxy groups -OCH3 is 1. The SMILES string of the molecule is COCC(Cl)CN(C)c1nc(C)cc(OC(C)C)n1. The van der Waals surface area contributed by atoms with E-state index in [0.717, 1.165) is 5.69 Å². The predicted octanol–water partition coefficient (Wildman–Crippen LogP) is 2.26. The molecule has 0 aliphatic carbocycles. The average molecular weight is 288 g/mol. The first kappa shape index (κ1) is 16.0. The zero-order valence-corrected chi connectivity index (χ0v) is 12.9. The third-order valence-corrected chi connectivity index (χ3v) is 2.60. The van der Waals surface area contributed by atoms with Gasteiger partial charge in [0.1, 0.15) is 0 Å². The third-order valence-electron chi connectivity index (χ3n) is 2.34. The second kappa shape index (κ2) is 7.50. The molecule has 0 aliphatic heterocycles. The van der Waals surface area contributed by atoms with Gasteiger partial charge in [-0.05, 0) is 20.8 Å². The van der Waals surface area contributed by atoms with E-state index in [1.54, 1.807) is 7.11 Å². The van der Waals surface area contributed by atoms with Crippen LogP contribution in [0.25, 0.3) is 0 Å². The fourth-order valence-electron chi connectivity index (χ4n) is 1.61. The number of halogens is 1. The topological polar surface area (TPSA) is 47.5 Å². The molecule has 1 aromatic rings. The van der Waals surface area contributed by atoms with Gasteiger partial charge in [-0.15, -0.1) is 11.6 Å². The second-order valence-corrected chi connectivity index (χ2v) is 5.36. The Hall–Kier alpha value is -1.07. The third kappa shape index (κ3) is 5.61. The van der Waals surface area contributed by atoms with Gasteiger partial charge in [-0.2, -0.15) is 4.98 Å². The summed E-state index contributed by atoms with van der Waals surface area (Å²) >= 11 is 6.14. The summed E-state index contributed by atoms with van der Waals surface area (Å²) in [6.45, 7) is 6.95. The molecule has 0 spiro atoms. The van der Waals surface area contributed by atoms with Crippen molar-refractivity contribution >= 4 is 17.5 Å². The van der Waals surface area contributed by atoms with Gasteiger partial charge in [0.2, 0.25) is 11.8 Å². The smallest absolute Gasteiger partial charge is 0.228 e. The Bertz CT molecular complexity index is 401. The molecule has 1 aromatic heterocycles. The molecule has 0 fully saturated rings. The van der Waals surface area contributed by atoms with Crippen LogP contribution in [0.2, 0.25) is 0 Å². The lowest BCUT2D eigenvalue weighted by atomic mass is 10.4. The van der Waals surface area contributed by atoms with Crippen LogP contribution in [-0.2, 0) is 4.74 Å². The maximum absolute atomic E-state index is 6.14.